The zero-order chi connectivity index (χ0) is 15.1. The number of aromatic carboxylic acids is 1. The number of carboxylic acids is 1. The van der Waals surface area contributed by atoms with E-state index in [-0.39, 0.29) is 23.8 Å². The Hall–Kier alpha value is -2.37. The molecule has 6 heteroatoms. The molecule has 1 atom stereocenters. The number of hydrogen-bond donors (Lipinski definition) is 1. The number of nitrogens with zero attached hydrogens (tertiary/aromatic N) is 2. The van der Waals surface area contributed by atoms with Crippen molar-refractivity contribution in [3.8, 4) is 0 Å². The third kappa shape index (κ3) is 2.07. The number of likely N-dealkylation sites (tertiary alicyclic amines) is 1. The largest absolute Gasteiger partial charge is 0.478 e. The summed E-state index contributed by atoms with van der Waals surface area (Å²) in [6, 6.07) is 4.47. The summed E-state index contributed by atoms with van der Waals surface area (Å²) >= 11 is 0. The molecule has 2 aliphatic heterocycles. The van der Waals surface area contributed by atoms with Crippen molar-refractivity contribution in [3.63, 3.8) is 0 Å². The molecule has 1 saturated heterocycles. The number of amides is 2. The Morgan fingerprint density at radius 1 is 1.38 bits per heavy atom. The minimum atomic E-state index is -0.958. The van der Waals surface area contributed by atoms with Crippen molar-refractivity contribution in [2.75, 3.05) is 18.0 Å². The lowest BCUT2D eigenvalue weighted by atomic mass is 10.1. The number of rotatable bonds is 3. The van der Waals surface area contributed by atoms with Crippen molar-refractivity contribution in [1.29, 1.82) is 0 Å². The van der Waals surface area contributed by atoms with E-state index in [9.17, 15) is 14.4 Å². The summed E-state index contributed by atoms with van der Waals surface area (Å²) < 4.78 is 0. The average molecular weight is 288 g/mol. The molecular weight excluding hydrogens is 272 g/mol. The number of benzene rings is 1. The minimum Gasteiger partial charge on any atom is -0.478 e. The summed E-state index contributed by atoms with van der Waals surface area (Å²) in [5.74, 6) is -1.25. The number of imide groups is 1. The third-order valence-corrected chi connectivity index (χ3v) is 4.17. The van der Waals surface area contributed by atoms with Crippen molar-refractivity contribution in [1.82, 2.24) is 4.90 Å². The Balaban J connectivity index is 1.90. The van der Waals surface area contributed by atoms with Crippen LogP contribution < -0.4 is 4.90 Å². The van der Waals surface area contributed by atoms with Crippen LogP contribution in [0.5, 0.6) is 0 Å². The van der Waals surface area contributed by atoms with Gasteiger partial charge in [-0.1, -0.05) is 0 Å². The number of carbonyl (C=O) groups excluding carboxylic acids is 2. The van der Waals surface area contributed by atoms with Gasteiger partial charge < -0.3 is 10.0 Å². The Bertz CT molecular complexity index is 641. The molecule has 1 fully saturated rings. The van der Waals surface area contributed by atoms with Crippen molar-refractivity contribution in [3.05, 3.63) is 29.3 Å². The van der Waals surface area contributed by atoms with E-state index in [2.05, 4.69) is 0 Å². The molecule has 3 rings (SSSR count). The van der Waals surface area contributed by atoms with Crippen molar-refractivity contribution >= 4 is 23.5 Å². The van der Waals surface area contributed by atoms with E-state index in [1.807, 2.05) is 4.90 Å². The fourth-order valence-electron chi connectivity index (χ4n) is 3.13. The van der Waals surface area contributed by atoms with Crippen molar-refractivity contribution in [2.45, 2.75) is 25.8 Å². The lowest BCUT2D eigenvalue weighted by molar-refractivity contribution is -0.138. The Morgan fingerprint density at radius 2 is 2.14 bits per heavy atom. The van der Waals surface area contributed by atoms with E-state index in [1.54, 1.807) is 25.1 Å². The highest BCUT2D eigenvalue weighted by Crippen LogP contribution is 2.33. The molecule has 21 heavy (non-hydrogen) atoms. The number of hydrogen-bond acceptors (Lipinski definition) is 4. The Kier molecular flexibility index (Phi) is 3.16. The zero-order valence-electron chi connectivity index (χ0n) is 11.7. The fourth-order valence-corrected chi connectivity index (χ4v) is 3.13. The van der Waals surface area contributed by atoms with E-state index in [1.165, 1.54) is 4.90 Å². The van der Waals surface area contributed by atoms with Crippen LogP contribution in [0.3, 0.4) is 0 Å². The number of likely N-dealkylation sites (N-methyl/N-ethyl adjacent to an activating group) is 1. The summed E-state index contributed by atoms with van der Waals surface area (Å²) in [5, 5.41) is 9.02. The van der Waals surface area contributed by atoms with Crippen LogP contribution in [0.25, 0.3) is 0 Å². The first-order chi connectivity index (χ1) is 10.0. The van der Waals surface area contributed by atoms with Crippen LogP contribution in [0.4, 0.5) is 5.69 Å². The molecule has 1 unspecified atom stereocenters. The molecule has 110 valence electrons. The monoisotopic (exact) mass is 288 g/mol. The van der Waals surface area contributed by atoms with Gasteiger partial charge in [0.2, 0.25) is 5.91 Å². The van der Waals surface area contributed by atoms with Gasteiger partial charge in [-0.15, -0.1) is 0 Å². The standard InChI is InChI=1S/C15H16N2O4/c1-2-16-13(18)8-12(14(16)19)17-6-5-9-7-10(15(20)21)3-4-11(9)17/h3-4,7,12H,2,5-6,8H2,1H3,(H,20,21). The van der Waals surface area contributed by atoms with Crippen LogP contribution in [-0.4, -0.2) is 46.9 Å². The molecule has 1 aromatic carbocycles. The molecule has 1 aromatic rings. The maximum Gasteiger partial charge on any atom is 0.335 e. The molecule has 2 amide bonds. The highest BCUT2D eigenvalue weighted by atomic mass is 16.4. The van der Waals surface area contributed by atoms with E-state index in [0.29, 0.717) is 19.5 Å². The van der Waals surface area contributed by atoms with Crippen LogP contribution in [0, 0.1) is 0 Å². The van der Waals surface area contributed by atoms with Crippen LogP contribution in [0.2, 0.25) is 0 Å². The van der Waals surface area contributed by atoms with Crippen LogP contribution >= 0.6 is 0 Å². The number of carbonyl (C=O) groups is 3. The van der Waals surface area contributed by atoms with Gasteiger partial charge in [0.25, 0.3) is 5.91 Å². The van der Waals surface area contributed by atoms with Gasteiger partial charge in [0.1, 0.15) is 6.04 Å². The second kappa shape index (κ2) is 4.87. The topological polar surface area (TPSA) is 77.9 Å². The molecule has 0 saturated carbocycles. The first kappa shape index (κ1) is 13.6. The van der Waals surface area contributed by atoms with Gasteiger partial charge in [-0.05, 0) is 37.1 Å². The number of fused-ring (bicyclic) bond motifs is 1. The first-order valence-corrected chi connectivity index (χ1v) is 7.00. The van der Waals surface area contributed by atoms with Gasteiger partial charge in [0, 0.05) is 18.8 Å². The summed E-state index contributed by atoms with van der Waals surface area (Å²) in [6.07, 6.45) is 0.896. The van der Waals surface area contributed by atoms with Gasteiger partial charge in [-0.25, -0.2) is 4.79 Å². The molecule has 1 N–H and O–H groups in total. The van der Waals surface area contributed by atoms with Crippen LogP contribution in [-0.2, 0) is 16.0 Å². The maximum atomic E-state index is 12.3. The Morgan fingerprint density at radius 3 is 2.76 bits per heavy atom. The number of carboxylic acid groups (broad SMARTS) is 1. The maximum absolute atomic E-state index is 12.3. The predicted molar refractivity (Wildman–Crippen MR) is 75.3 cm³/mol. The smallest absolute Gasteiger partial charge is 0.335 e. The molecule has 2 heterocycles. The normalized spacial score (nSPS) is 21.1. The van der Waals surface area contributed by atoms with Gasteiger partial charge in [-0.3, -0.25) is 14.5 Å². The average Bonchev–Trinajstić information content (AvgIpc) is 2.99. The van der Waals surface area contributed by atoms with E-state index in [4.69, 9.17) is 5.11 Å². The quantitative estimate of drug-likeness (QED) is 0.836. The molecule has 0 aromatic heterocycles. The molecule has 6 nitrogen and oxygen atoms in total. The highest BCUT2D eigenvalue weighted by molar-refractivity contribution is 6.07. The van der Waals surface area contributed by atoms with Gasteiger partial charge in [0.15, 0.2) is 0 Å². The molecule has 0 aliphatic carbocycles. The number of anilines is 1. The lowest BCUT2D eigenvalue weighted by Gasteiger charge is -2.25. The van der Waals surface area contributed by atoms with Crippen LogP contribution in [0.1, 0.15) is 29.3 Å². The second-order valence-electron chi connectivity index (χ2n) is 5.29. The van der Waals surface area contributed by atoms with E-state index in [0.717, 1.165) is 11.3 Å². The zero-order valence-corrected chi connectivity index (χ0v) is 11.7. The molecular formula is C15H16N2O4. The molecule has 0 spiro atoms. The third-order valence-electron chi connectivity index (χ3n) is 4.17. The van der Waals surface area contributed by atoms with Gasteiger partial charge >= 0.3 is 5.97 Å². The predicted octanol–water partition coefficient (Wildman–Crippen LogP) is 0.895. The van der Waals surface area contributed by atoms with Crippen molar-refractivity contribution in [2.24, 2.45) is 0 Å². The van der Waals surface area contributed by atoms with E-state index < -0.39 is 12.0 Å². The molecule has 0 bridgehead atoms. The fraction of sp³-hybridized carbons (Fsp3) is 0.400. The van der Waals surface area contributed by atoms with E-state index >= 15 is 0 Å². The Labute approximate surface area is 122 Å². The minimum absolute atomic E-state index is 0.136. The summed E-state index contributed by atoms with van der Waals surface area (Å²) in [7, 11) is 0. The lowest BCUT2D eigenvalue weighted by Crippen LogP contribution is -2.41. The first-order valence-electron chi connectivity index (χ1n) is 7.00. The summed E-state index contributed by atoms with van der Waals surface area (Å²) in [4.78, 5) is 38.3. The molecule has 0 radical (unpaired) electrons. The highest BCUT2D eigenvalue weighted by Gasteiger charge is 2.42. The summed E-state index contributed by atoms with van der Waals surface area (Å²) in [5.41, 5.74) is 2.04. The second-order valence-corrected chi connectivity index (χ2v) is 5.29. The molecule has 2 aliphatic rings. The van der Waals surface area contributed by atoms with Crippen molar-refractivity contribution < 1.29 is 19.5 Å². The van der Waals surface area contributed by atoms with Crippen LogP contribution in [0.15, 0.2) is 18.2 Å². The van der Waals surface area contributed by atoms with Gasteiger partial charge in [0.05, 0.1) is 12.0 Å². The summed E-state index contributed by atoms with van der Waals surface area (Å²) in [6.45, 7) is 2.82. The van der Waals surface area contributed by atoms with Gasteiger partial charge in [-0.2, -0.15) is 0 Å². The SMILES string of the molecule is CCN1C(=O)CC(N2CCc3cc(C(=O)O)ccc32)C1=O.